The van der Waals surface area contributed by atoms with Gasteiger partial charge >= 0.3 is 0 Å². The van der Waals surface area contributed by atoms with Gasteiger partial charge in [0, 0.05) is 32.7 Å². The highest BCUT2D eigenvalue weighted by Gasteiger charge is 2.11. The minimum Gasteiger partial charge on any atom is -0.459 e. The topological polar surface area (TPSA) is 82.8 Å². The molecule has 20 heavy (non-hydrogen) atoms. The molecule has 0 bridgehead atoms. The number of nitrogens with zero attached hydrogens (tertiary/aromatic N) is 1. The summed E-state index contributed by atoms with van der Waals surface area (Å²) in [4.78, 5) is 25.1. The summed E-state index contributed by atoms with van der Waals surface area (Å²) in [5.74, 6) is 0.0535. The standard InChI is InChI=1S/C14H22N2O4/c1-2-16(9-5-10-17)13(18)7-3-8-15-14(19)12-6-4-11-20-12/h4,6,11,17H,2-3,5,7-10H2,1H3,(H,15,19). The summed E-state index contributed by atoms with van der Waals surface area (Å²) in [6.07, 6.45) is 3.01. The van der Waals surface area contributed by atoms with E-state index in [1.165, 1.54) is 6.26 Å². The second-order valence-corrected chi connectivity index (χ2v) is 4.39. The van der Waals surface area contributed by atoms with E-state index in [-0.39, 0.29) is 24.2 Å². The Bertz CT molecular complexity index is 403. The molecule has 0 radical (unpaired) electrons. The van der Waals surface area contributed by atoms with Crippen LogP contribution in [0.15, 0.2) is 22.8 Å². The Morgan fingerprint density at radius 3 is 2.80 bits per heavy atom. The number of aliphatic hydroxyl groups is 1. The Hall–Kier alpha value is -1.82. The lowest BCUT2D eigenvalue weighted by Crippen LogP contribution is -2.33. The first-order valence-electron chi connectivity index (χ1n) is 6.89. The highest BCUT2D eigenvalue weighted by atomic mass is 16.3. The van der Waals surface area contributed by atoms with Gasteiger partial charge in [-0.3, -0.25) is 9.59 Å². The molecule has 2 N–H and O–H groups in total. The van der Waals surface area contributed by atoms with E-state index in [2.05, 4.69) is 5.32 Å². The lowest BCUT2D eigenvalue weighted by atomic mass is 10.2. The van der Waals surface area contributed by atoms with Crippen molar-refractivity contribution in [2.24, 2.45) is 0 Å². The highest BCUT2D eigenvalue weighted by Crippen LogP contribution is 2.01. The van der Waals surface area contributed by atoms with E-state index in [9.17, 15) is 9.59 Å². The Kier molecular flexibility index (Phi) is 7.42. The van der Waals surface area contributed by atoms with Crippen LogP contribution in [0.4, 0.5) is 0 Å². The normalized spacial score (nSPS) is 10.3. The molecular formula is C14H22N2O4. The minimum atomic E-state index is -0.268. The maximum Gasteiger partial charge on any atom is 0.286 e. The Labute approximate surface area is 118 Å². The van der Waals surface area contributed by atoms with Gasteiger partial charge in [0.2, 0.25) is 5.91 Å². The first-order valence-corrected chi connectivity index (χ1v) is 6.89. The zero-order valence-corrected chi connectivity index (χ0v) is 11.8. The van der Waals surface area contributed by atoms with Crippen molar-refractivity contribution < 1.29 is 19.1 Å². The van der Waals surface area contributed by atoms with E-state index in [1.807, 2.05) is 6.92 Å². The SMILES string of the molecule is CCN(CCCO)C(=O)CCCNC(=O)c1ccco1. The van der Waals surface area contributed by atoms with Gasteiger partial charge < -0.3 is 19.7 Å². The van der Waals surface area contributed by atoms with Gasteiger partial charge in [-0.25, -0.2) is 0 Å². The first kappa shape index (κ1) is 16.2. The smallest absolute Gasteiger partial charge is 0.286 e. The van der Waals surface area contributed by atoms with Gasteiger partial charge in [0.05, 0.1) is 6.26 Å². The number of carbonyl (C=O) groups excluding carboxylic acids is 2. The summed E-state index contributed by atoms with van der Waals surface area (Å²) in [6.45, 7) is 3.64. The number of furan rings is 1. The fraction of sp³-hybridized carbons (Fsp3) is 0.571. The van der Waals surface area contributed by atoms with Crippen LogP contribution in [0.5, 0.6) is 0 Å². The maximum absolute atomic E-state index is 11.9. The van der Waals surface area contributed by atoms with Crippen LogP contribution < -0.4 is 5.32 Å². The molecule has 0 aliphatic carbocycles. The number of rotatable bonds is 9. The van der Waals surface area contributed by atoms with Crippen LogP contribution in [0.1, 0.15) is 36.7 Å². The van der Waals surface area contributed by atoms with Gasteiger partial charge in [0.1, 0.15) is 0 Å². The summed E-state index contributed by atoms with van der Waals surface area (Å²) in [7, 11) is 0. The fourth-order valence-electron chi connectivity index (χ4n) is 1.82. The second kappa shape index (κ2) is 9.14. The van der Waals surface area contributed by atoms with E-state index in [0.717, 1.165) is 0 Å². The van der Waals surface area contributed by atoms with Crippen molar-refractivity contribution in [3.63, 3.8) is 0 Å². The Morgan fingerprint density at radius 1 is 1.40 bits per heavy atom. The van der Waals surface area contributed by atoms with E-state index in [0.29, 0.717) is 38.9 Å². The molecule has 1 heterocycles. The molecule has 0 spiro atoms. The maximum atomic E-state index is 11.9. The number of aliphatic hydroxyl groups excluding tert-OH is 1. The zero-order valence-electron chi connectivity index (χ0n) is 11.8. The van der Waals surface area contributed by atoms with E-state index in [4.69, 9.17) is 9.52 Å². The van der Waals surface area contributed by atoms with Crippen LogP contribution in [0.3, 0.4) is 0 Å². The van der Waals surface area contributed by atoms with Gasteiger partial charge in [0.25, 0.3) is 5.91 Å². The summed E-state index contributed by atoms with van der Waals surface area (Å²) in [5.41, 5.74) is 0. The molecular weight excluding hydrogens is 260 g/mol. The quantitative estimate of drug-likeness (QED) is 0.662. The molecule has 0 saturated carbocycles. The van der Waals surface area contributed by atoms with Crippen molar-refractivity contribution in [1.29, 1.82) is 0 Å². The molecule has 6 heteroatoms. The van der Waals surface area contributed by atoms with Crippen molar-refractivity contribution in [3.05, 3.63) is 24.2 Å². The van der Waals surface area contributed by atoms with Gasteiger partial charge in [-0.05, 0) is 31.9 Å². The van der Waals surface area contributed by atoms with Crippen molar-refractivity contribution in [3.8, 4) is 0 Å². The van der Waals surface area contributed by atoms with E-state index in [1.54, 1.807) is 17.0 Å². The summed E-state index contributed by atoms with van der Waals surface area (Å²) >= 11 is 0. The average Bonchev–Trinajstić information content (AvgIpc) is 2.98. The molecule has 0 aliphatic heterocycles. The number of carbonyl (C=O) groups is 2. The summed E-state index contributed by atoms with van der Waals surface area (Å²) in [6, 6.07) is 3.24. The van der Waals surface area contributed by atoms with Gasteiger partial charge in [-0.1, -0.05) is 0 Å². The van der Waals surface area contributed by atoms with Crippen LogP contribution in [0, 0.1) is 0 Å². The van der Waals surface area contributed by atoms with E-state index >= 15 is 0 Å². The highest BCUT2D eigenvalue weighted by molar-refractivity contribution is 5.91. The summed E-state index contributed by atoms with van der Waals surface area (Å²) in [5, 5.41) is 11.5. The molecule has 0 atom stereocenters. The van der Waals surface area contributed by atoms with Crippen LogP contribution in [0.25, 0.3) is 0 Å². The third kappa shape index (κ3) is 5.44. The predicted molar refractivity (Wildman–Crippen MR) is 74.2 cm³/mol. The lowest BCUT2D eigenvalue weighted by molar-refractivity contribution is -0.131. The van der Waals surface area contributed by atoms with Crippen molar-refractivity contribution in [2.45, 2.75) is 26.2 Å². The molecule has 112 valence electrons. The third-order valence-corrected chi connectivity index (χ3v) is 2.92. The third-order valence-electron chi connectivity index (χ3n) is 2.92. The molecule has 0 unspecified atom stereocenters. The zero-order chi connectivity index (χ0) is 14.8. The van der Waals surface area contributed by atoms with Crippen LogP contribution in [0.2, 0.25) is 0 Å². The second-order valence-electron chi connectivity index (χ2n) is 4.39. The number of hydrogen-bond acceptors (Lipinski definition) is 4. The first-order chi connectivity index (χ1) is 9.69. The monoisotopic (exact) mass is 282 g/mol. The van der Waals surface area contributed by atoms with Crippen LogP contribution in [-0.2, 0) is 4.79 Å². The van der Waals surface area contributed by atoms with Crippen LogP contribution in [-0.4, -0.2) is 48.1 Å². The van der Waals surface area contributed by atoms with Gasteiger partial charge in [-0.15, -0.1) is 0 Å². The van der Waals surface area contributed by atoms with Crippen molar-refractivity contribution in [2.75, 3.05) is 26.2 Å². The predicted octanol–water partition coefficient (Wildman–Crippen LogP) is 1.02. The minimum absolute atomic E-state index is 0.0493. The van der Waals surface area contributed by atoms with Gasteiger partial charge in [0.15, 0.2) is 5.76 Å². The lowest BCUT2D eigenvalue weighted by Gasteiger charge is -2.20. The number of amides is 2. The number of hydrogen-bond donors (Lipinski definition) is 2. The fourth-order valence-corrected chi connectivity index (χ4v) is 1.82. The summed E-state index contributed by atoms with van der Waals surface area (Å²) < 4.78 is 4.96. The largest absolute Gasteiger partial charge is 0.459 e. The Balaban J connectivity index is 2.19. The molecule has 6 nitrogen and oxygen atoms in total. The molecule has 0 saturated heterocycles. The molecule has 2 amide bonds. The van der Waals surface area contributed by atoms with Gasteiger partial charge in [-0.2, -0.15) is 0 Å². The van der Waals surface area contributed by atoms with Crippen molar-refractivity contribution >= 4 is 11.8 Å². The molecule has 0 aliphatic rings. The number of nitrogens with one attached hydrogen (secondary N) is 1. The average molecular weight is 282 g/mol. The molecule has 1 rings (SSSR count). The van der Waals surface area contributed by atoms with Crippen LogP contribution >= 0.6 is 0 Å². The Morgan fingerprint density at radius 2 is 2.20 bits per heavy atom. The molecule has 0 fully saturated rings. The molecule has 1 aromatic rings. The van der Waals surface area contributed by atoms with E-state index < -0.39 is 0 Å². The van der Waals surface area contributed by atoms with Crippen molar-refractivity contribution in [1.82, 2.24) is 10.2 Å². The molecule has 1 aromatic heterocycles. The molecule has 0 aromatic carbocycles.